The third-order valence-corrected chi connectivity index (χ3v) is 3.10. The fourth-order valence-electron chi connectivity index (χ4n) is 1.74. The third-order valence-electron chi connectivity index (χ3n) is 2.81. The molecule has 6 nitrogen and oxygen atoms in total. The van der Waals surface area contributed by atoms with Crippen molar-refractivity contribution in [3.8, 4) is 11.5 Å². The maximum Gasteiger partial charge on any atom is 0.416 e. The molecule has 2 aromatic carbocycles. The van der Waals surface area contributed by atoms with E-state index in [1.54, 1.807) is 0 Å². The number of rotatable bonds is 4. The molecule has 0 aliphatic rings. The largest absolute Gasteiger partial charge is 0.456 e. The normalized spacial score (nSPS) is 11.2. The maximum atomic E-state index is 12.6. The molecule has 0 spiro atoms. The molecule has 122 valence electrons. The summed E-state index contributed by atoms with van der Waals surface area (Å²) in [6.45, 7) is 0. The highest BCUT2D eigenvalue weighted by atomic mass is 35.5. The van der Waals surface area contributed by atoms with Gasteiger partial charge in [-0.25, -0.2) is 0 Å². The van der Waals surface area contributed by atoms with Gasteiger partial charge in [-0.3, -0.25) is 16.0 Å². The van der Waals surface area contributed by atoms with Crippen LogP contribution in [0.15, 0.2) is 36.4 Å². The van der Waals surface area contributed by atoms with E-state index in [1.807, 2.05) is 0 Å². The average molecular weight is 348 g/mol. The zero-order chi connectivity index (χ0) is 17.2. The smallest absolute Gasteiger partial charge is 0.416 e. The van der Waals surface area contributed by atoms with Crippen molar-refractivity contribution in [2.45, 2.75) is 6.18 Å². The monoisotopic (exact) mass is 347 g/mol. The molecule has 10 heteroatoms. The summed E-state index contributed by atoms with van der Waals surface area (Å²) >= 11 is 5.77. The van der Waals surface area contributed by atoms with Gasteiger partial charge >= 0.3 is 6.18 Å². The number of alkyl halides is 3. The minimum Gasteiger partial charge on any atom is -0.456 e. The Labute approximate surface area is 132 Å². The van der Waals surface area contributed by atoms with E-state index in [-0.39, 0.29) is 27.9 Å². The first-order chi connectivity index (χ1) is 10.7. The molecular weight excluding hydrogens is 339 g/mol. The third kappa shape index (κ3) is 3.82. The second-order valence-corrected chi connectivity index (χ2v) is 4.73. The number of hydrogen-bond acceptors (Lipinski definition) is 5. The van der Waals surface area contributed by atoms with E-state index in [2.05, 4.69) is 5.43 Å². The molecule has 0 atom stereocenters. The standard InChI is InChI=1S/C13H9ClF3N3O3/c14-9-5-7(13(15,16)17)1-4-12(9)23-8-2-3-11(20(21)22)10(6-8)19-18/h1-6,19H,18H2. The van der Waals surface area contributed by atoms with Crippen molar-refractivity contribution in [1.29, 1.82) is 0 Å². The van der Waals surface area contributed by atoms with Crippen LogP contribution in [-0.4, -0.2) is 4.92 Å². The van der Waals surface area contributed by atoms with Gasteiger partial charge in [0.05, 0.1) is 15.5 Å². The molecular formula is C13H9ClF3N3O3. The fraction of sp³-hybridized carbons (Fsp3) is 0.0769. The Bertz CT molecular complexity index is 753. The Kier molecular flexibility index (Phi) is 4.62. The summed E-state index contributed by atoms with van der Waals surface area (Å²) in [5.41, 5.74) is 0.932. The second kappa shape index (κ2) is 6.31. The van der Waals surface area contributed by atoms with Gasteiger partial charge in [0.25, 0.3) is 5.69 Å². The molecule has 0 bridgehead atoms. The van der Waals surface area contributed by atoms with Crippen LogP contribution in [-0.2, 0) is 6.18 Å². The zero-order valence-electron chi connectivity index (χ0n) is 11.2. The van der Waals surface area contributed by atoms with Gasteiger partial charge in [0.15, 0.2) is 0 Å². The van der Waals surface area contributed by atoms with Gasteiger partial charge in [0.2, 0.25) is 0 Å². The van der Waals surface area contributed by atoms with Crippen molar-refractivity contribution in [2.75, 3.05) is 5.43 Å². The molecule has 2 rings (SSSR count). The van der Waals surface area contributed by atoms with Crippen LogP contribution in [0.1, 0.15) is 5.56 Å². The predicted molar refractivity (Wildman–Crippen MR) is 77.4 cm³/mol. The van der Waals surface area contributed by atoms with Crippen molar-refractivity contribution in [3.63, 3.8) is 0 Å². The van der Waals surface area contributed by atoms with E-state index in [9.17, 15) is 23.3 Å². The van der Waals surface area contributed by atoms with E-state index in [0.29, 0.717) is 0 Å². The number of nitrogens with two attached hydrogens (primary N) is 1. The van der Waals surface area contributed by atoms with Crippen LogP contribution in [0.3, 0.4) is 0 Å². The molecule has 0 saturated heterocycles. The molecule has 0 unspecified atom stereocenters. The lowest BCUT2D eigenvalue weighted by Crippen LogP contribution is -2.09. The minimum atomic E-state index is -4.52. The number of nitro benzene ring substituents is 1. The lowest BCUT2D eigenvalue weighted by atomic mass is 10.2. The first-order valence-electron chi connectivity index (χ1n) is 6.02. The van der Waals surface area contributed by atoms with E-state index < -0.39 is 16.7 Å². The average Bonchev–Trinajstić information content (AvgIpc) is 2.47. The van der Waals surface area contributed by atoms with E-state index in [1.165, 1.54) is 12.1 Å². The summed E-state index contributed by atoms with van der Waals surface area (Å²) in [6.07, 6.45) is -4.52. The molecule has 0 radical (unpaired) electrons. The van der Waals surface area contributed by atoms with Crippen LogP contribution in [0, 0.1) is 10.1 Å². The van der Waals surface area contributed by atoms with Crippen molar-refractivity contribution in [2.24, 2.45) is 5.84 Å². The number of anilines is 1. The SMILES string of the molecule is NNc1cc(Oc2ccc(C(F)(F)F)cc2Cl)ccc1[N+](=O)[O-]. The summed E-state index contributed by atoms with van der Waals surface area (Å²) in [7, 11) is 0. The van der Waals surface area contributed by atoms with Crippen LogP contribution < -0.4 is 16.0 Å². The molecule has 0 heterocycles. The minimum absolute atomic E-state index is 0.0180. The maximum absolute atomic E-state index is 12.6. The predicted octanol–water partition coefficient (Wildman–Crippen LogP) is 4.34. The van der Waals surface area contributed by atoms with Crippen molar-refractivity contribution < 1.29 is 22.8 Å². The lowest BCUT2D eigenvalue weighted by Gasteiger charge is -2.12. The van der Waals surface area contributed by atoms with Crippen molar-refractivity contribution >= 4 is 23.0 Å². The molecule has 0 saturated carbocycles. The number of nitrogens with zero attached hydrogens (tertiary/aromatic N) is 1. The Morgan fingerprint density at radius 3 is 2.43 bits per heavy atom. The van der Waals surface area contributed by atoms with Crippen LogP contribution in [0.4, 0.5) is 24.5 Å². The number of nitrogens with one attached hydrogen (secondary N) is 1. The molecule has 23 heavy (non-hydrogen) atoms. The highest BCUT2D eigenvalue weighted by Gasteiger charge is 2.31. The molecule has 0 fully saturated rings. The van der Waals surface area contributed by atoms with E-state index in [0.717, 1.165) is 24.3 Å². The lowest BCUT2D eigenvalue weighted by molar-refractivity contribution is -0.384. The zero-order valence-corrected chi connectivity index (χ0v) is 12.0. The fourth-order valence-corrected chi connectivity index (χ4v) is 1.96. The van der Waals surface area contributed by atoms with Gasteiger partial charge in [0.1, 0.15) is 17.2 Å². The Hall–Kier alpha value is -2.52. The molecule has 3 N–H and O–H groups in total. The molecule has 0 aliphatic carbocycles. The van der Waals surface area contributed by atoms with Crippen LogP contribution in [0.5, 0.6) is 11.5 Å². The molecule has 0 aromatic heterocycles. The van der Waals surface area contributed by atoms with Crippen molar-refractivity contribution in [1.82, 2.24) is 0 Å². The van der Waals surface area contributed by atoms with Crippen LogP contribution in [0.2, 0.25) is 5.02 Å². The summed E-state index contributed by atoms with van der Waals surface area (Å²) in [5, 5.41) is 10.5. The van der Waals surface area contributed by atoms with Gasteiger partial charge in [-0.1, -0.05) is 11.6 Å². The van der Waals surface area contributed by atoms with E-state index in [4.69, 9.17) is 22.2 Å². The summed E-state index contributed by atoms with van der Waals surface area (Å²) in [4.78, 5) is 10.1. The van der Waals surface area contributed by atoms with Crippen LogP contribution >= 0.6 is 11.6 Å². The van der Waals surface area contributed by atoms with Gasteiger partial charge in [-0.2, -0.15) is 13.2 Å². The summed E-state index contributed by atoms with van der Waals surface area (Å²) in [6, 6.07) is 6.24. The van der Waals surface area contributed by atoms with Gasteiger partial charge in [-0.15, -0.1) is 0 Å². The Balaban J connectivity index is 2.31. The number of halogens is 4. The highest BCUT2D eigenvalue weighted by molar-refractivity contribution is 6.32. The highest BCUT2D eigenvalue weighted by Crippen LogP contribution is 2.37. The summed E-state index contributed by atoms with van der Waals surface area (Å²) in [5.74, 6) is 5.27. The number of nitro groups is 1. The Morgan fingerprint density at radius 1 is 1.22 bits per heavy atom. The number of hydrazine groups is 1. The first-order valence-corrected chi connectivity index (χ1v) is 6.40. The summed E-state index contributed by atoms with van der Waals surface area (Å²) < 4.78 is 43.0. The number of ether oxygens (including phenoxy) is 1. The molecule has 0 aliphatic heterocycles. The Morgan fingerprint density at radius 2 is 1.91 bits per heavy atom. The van der Waals surface area contributed by atoms with Gasteiger partial charge in [0, 0.05) is 12.1 Å². The topological polar surface area (TPSA) is 90.4 Å². The molecule has 2 aromatic rings. The number of benzene rings is 2. The van der Waals surface area contributed by atoms with Gasteiger partial charge in [-0.05, 0) is 24.3 Å². The second-order valence-electron chi connectivity index (χ2n) is 4.33. The first kappa shape index (κ1) is 16.8. The van der Waals surface area contributed by atoms with Crippen LogP contribution in [0.25, 0.3) is 0 Å². The van der Waals surface area contributed by atoms with E-state index >= 15 is 0 Å². The quantitative estimate of drug-likeness (QED) is 0.487. The van der Waals surface area contributed by atoms with Gasteiger partial charge < -0.3 is 10.2 Å². The van der Waals surface area contributed by atoms with Crippen molar-refractivity contribution in [3.05, 3.63) is 57.1 Å². The number of nitrogen functional groups attached to an aromatic ring is 1. The molecule has 0 amide bonds. The number of hydrogen-bond donors (Lipinski definition) is 2.